The molecule has 2 saturated heterocycles. The number of hydrogen-bond acceptors (Lipinski definition) is 6. The SMILES string of the molecule is O=C(Nc1sccc1C(=O)N[C@@H]1CCO[C@]2(CCOC2)C1)c1cccs1. The first kappa shape index (κ1) is 17.7. The molecule has 2 aromatic rings. The fourth-order valence-electron chi connectivity index (χ4n) is 3.43. The van der Waals surface area contributed by atoms with Crippen molar-refractivity contribution < 1.29 is 19.1 Å². The van der Waals surface area contributed by atoms with E-state index in [1.165, 1.54) is 22.7 Å². The third kappa shape index (κ3) is 3.68. The molecule has 0 radical (unpaired) electrons. The van der Waals surface area contributed by atoms with Crippen LogP contribution in [0.2, 0.25) is 0 Å². The van der Waals surface area contributed by atoms with E-state index in [2.05, 4.69) is 10.6 Å². The minimum atomic E-state index is -0.249. The van der Waals surface area contributed by atoms with Crippen molar-refractivity contribution in [1.82, 2.24) is 5.32 Å². The van der Waals surface area contributed by atoms with E-state index in [-0.39, 0.29) is 23.5 Å². The summed E-state index contributed by atoms with van der Waals surface area (Å²) in [4.78, 5) is 25.6. The van der Waals surface area contributed by atoms with Crippen molar-refractivity contribution in [3.8, 4) is 0 Å². The molecule has 2 aliphatic heterocycles. The molecule has 26 heavy (non-hydrogen) atoms. The first-order chi connectivity index (χ1) is 12.7. The Hall–Kier alpha value is -1.74. The predicted molar refractivity (Wildman–Crippen MR) is 101 cm³/mol. The predicted octanol–water partition coefficient (Wildman–Crippen LogP) is 3.13. The van der Waals surface area contributed by atoms with Gasteiger partial charge in [-0.2, -0.15) is 0 Å². The van der Waals surface area contributed by atoms with Gasteiger partial charge in [-0.1, -0.05) is 6.07 Å². The van der Waals surface area contributed by atoms with Crippen LogP contribution >= 0.6 is 22.7 Å². The Morgan fingerprint density at radius 2 is 2.08 bits per heavy atom. The zero-order valence-electron chi connectivity index (χ0n) is 14.2. The van der Waals surface area contributed by atoms with Crippen LogP contribution in [-0.2, 0) is 9.47 Å². The Labute approximate surface area is 159 Å². The number of carbonyl (C=O) groups is 2. The third-order valence-corrected chi connectivity index (χ3v) is 6.48. The summed E-state index contributed by atoms with van der Waals surface area (Å²) in [6, 6.07) is 5.39. The highest BCUT2D eigenvalue weighted by atomic mass is 32.1. The average Bonchev–Trinajstić information content (AvgIpc) is 3.36. The molecule has 1 spiro atoms. The standard InChI is InChI=1S/C18H20N2O4S2/c21-15(19-12-3-6-24-18(10-12)5-7-23-11-18)13-4-9-26-17(13)20-16(22)14-2-1-8-25-14/h1-2,4,8-9,12H,3,5-7,10-11H2,(H,19,21)(H,20,22)/t12-,18-/m1/s1. The first-order valence-electron chi connectivity index (χ1n) is 8.60. The second-order valence-corrected chi connectivity index (χ2v) is 8.46. The minimum Gasteiger partial charge on any atom is -0.378 e. The van der Waals surface area contributed by atoms with Crippen molar-refractivity contribution in [3.63, 3.8) is 0 Å². The van der Waals surface area contributed by atoms with Crippen molar-refractivity contribution in [1.29, 1.82) is 0 Å². The highest BCUT2D eigenvalue weighted by Crippen LogP contribution is 2.33. The quantitative estimate of drug-likeness (QED) is 0.838. The molecule has 0 aromatic carbocycles. The minimum absolute atomic E-state index is 0.0543. The summed E-state index contributed by atoms with van der Waals surface area (Å²) >= 11 is 2.72. The van der Waals surface area contributed by atoms with Crippen LogP contribution in [0.15, 0.2) is 29.0 Å². The topological polar surface area (TPSA) is 76.7 Å². The lowest BCUT2D eigenvalue weighted by Crippen LogP contribution is -2.49. The van der Waals surface area contributed by atoms with Crippen molar-refractivity contribution in [3.05, 3.63) is 39.4 Å². The number of nitrogens with one attached hydrogen (secondary N) is 2. The second-order valence-electron chi connectivity index (χ2n) is 6.59. The molecule has 0 unspecified atom stereocenters. The van der Waals surface area contributed by atoms with E-state index in [1.807, 2.05) is 16.8 Å². The lowest BCUT2D eigenvalue weighted by atomic mass is 9.89. The van der Waals surface area contributed by atoms with Crippen LogP contribution in [0.4, 0.5) is 5.00 Å². The Bertz CT molecular complexity index is 781. The van der Waals surface area contributed by atoms with Gasteiger partial charge in [0, 0.05) is 25.7 Å². The smallest absolute Gasteiger partial charge is 0.266 e. The van der Waals surface area contributed by atoms with Gasteiger partial charge in [-0.25, -0.2) is 0 Å². The molecular weight excluding hydrogens is 372 g/mol. The largest absolute Gasteiger partial charge is 0.378 e. The fourth-order valence-corrected chi connectivity index (χ4v) is 4.83. The van der Waals surface area contributed by atoms with E-state index in [9.17, 15) is 9.59 Å². The maximum absolute atomic E-state index is 12.7. The van der Waals surface area contributed by atoms with Gasteiger partial charge < -0.3 is 20.1 Å². The highest BCUT2D eigenvalue weighted by molar-refractivity contribution is 7.15. The van der Waals surface area contributed by atoms with Gasteiger partial charge in [0.15, 0.2) is 0 Å². The molecule has 2 atom stereocenters. The van der Waals surface area contributed by atoms with Gasteiger partial charge in [-0.3, -0.25) is 9.59 Å². The second kappa shape index (κ2) is 7.48. The Kier molecular flexibility index (Phi) is 5.08. The average molecular weight is 393 g/mol. The molecular formula is C18H20N2O4S2. The summed E-state index contributed by atoms with van der Waals surface area (Å²) < 4.78 is 11.4. The molecule has 0 bridgehead atoms. The number of amides is 2. The summed E-state index contributed by atoms with van der Waals surface area (Å²) in [5, 5.41) is 10.2. The summed E-state index contributed by atoms with van der Waals surface area (Å²) in [5.74, 6) is -0.349. The van der Waals surface area contributed by atoms with Crippen molar-refractivity contribution in [2.45, 2.75) is 30.9 Å². The van der Waals surface area contributed by atoms with Crippen LogP contribution in [0.1, 0.15) is 39.3 Å². The van der Waals surface area contributed by atoms with Gasteiger partial charge in [0.25, 0.3) is 11.8 Å². The molecule has 138 valence electrons. The molecule has 2 amide bonds. The summed E-state index contributed by atoms with van der Waals surface area (Å²) in [5.41, 5.74) is 0.254. The van der Waals surface area contributed by atoms with Gasteiger partial charge in [0.05, 0.1) is 22.6 Å². The molecule has 2 aliphatic rings. The summed E-state index contributed by atoms with van der Waals surface area (Å²) in [6.07, 6.45) is 2.42. The van der Waals surface area contributed by atoms with E-state index in [0.717, 1.165) is 19.3 Å². The van der Waals surface area contributed by atoms with Crippen LogP contribution in [0.25, 0.3) is 0 Å². The Morgan fingerprint density at radius 3 is 2.85 bits per heavy atom. The zero-order valence-corrected chi connectivity index (χ0v) is 15.8. The van der Waals surface area contributed by atoms with Gasteiger partial charge in [-0.05, 0) is 35.7 Å². The number of thiophene rings is 2. The van der Waals surface area contributed by atoms with E-state index < -0.39 is 0 Å². The molecule has 2 fully saturated rings. The van der Waals surface area contributed by atoms with Crippen molar-refractivity contribution in [2.75, 3.05) is 25.1 Å². The Morgan fingerprint density at radius 1 is 1.15 bits per heavy atom. The number of rotatable bonds is 4. The van der Waals surface area contributed by atoms with Gasteiger partial charge in [-0.15, -0.1) is 22.7 Å². The van der Waals surface area contributed by atoms with Crippen molar-refractivity contribution in [2.24, 2.45) is 0 Å². The van der Waals surface area contributed by atoms with Crippen LogP contribution in [-0.4, -0.2) is 43.3 Å². The molecule has 2 aromatic heterocycles. The van der Waals surface area contributed by atoms with E-state index in [1.54, 1.807) is 12.1 Å². The Balaban J connectivity index is 1.41. The first-order valence-corrected chi connectivity index (χ1v) is 10.4. The molecule has 4 rings (SSSR count). The lowest BCUT2D eigenvalue weighted by molar-refractivity contribution is -0.0880. The van der Waals surface area contributed by atoms with Gasteiger partial charge in [0.1, 0.15) is 5.00 Å². The number of hydrogen-bond donors (Lipinski definition) is 2. The van der Waals surface area contributed by atoms with Crippen LogP contribution in [0.3, 0.4) is 0 Å². The monoisotopic (exact) mass is 392 g/mol. The van der Waals surface area contributed by atoms with Crippen LogP contribution in [0, 0.1) is 0 Å². The van der Waals surface area contributed by atoms with Crippen LogP contribution in [0.5, 0.6) is 0 Å². The fraction of sp³-hybridized carbons (Fsp3) is 0.444. The van der Waals surface area contributed by atoms with Gasteiger partial charge in [0.2, 0.25) is 0 Å². The molecule has 0 aliphatic carbocycles. The maximum Gasteiger partial charge on any atom is 0.266 e. The number of ether oxygens (including phenoxy) is 2. The third-order valence-electron chi connectivity index (χ3n) is 4.78. The number of anilines is 1. The van der Waals surface area contributed by atoms with E-state index >= 15 is 0 Å². The molecule has 8 heteroatoms. The van der Waals surface area contributed by atoms with Gasteiger partial charge >= 0.3 is 0 Å². The summed E-state index contributed by atoms with van der Waals surface area (Å²) in [7, 11) is 0. The molecule has 4 heterocycles. The molecule has 0 saturated carbocycles. The molecule has 2 N–H and O–H groups in total. The van der Waals surface area contributed by atoms with E-state index in [0.29, 0.717) is 35.3 Å². The lowest BCUT2D eigenvalue weighted by Gasteiger charge is -2.37. The normalized spacial score (nSPS) is 25.3. The zero-order chi connectivity index (χ0) is 18.0. The van der Waals surface area contributed by atoms with E-state index in [4.69, 9.17) is 9.47 Å². The van der Waals surface area contributed by atoms with Crippen molar-refractivity contribution >= 4 is 39.5 Å². The maximum atomic E-state index is 12.7. The van der Waals surface area contributed by atoms with Crippen LogP contribution < -0.4 is 10.6 Å². The highest BCUT2D eigenvalue weighted by Gasteiger charge is 2.41. The molecule has 6 nitrogen and oxygen atoms in total. The number of carbonyl (C=O) groups excluding carboxylic acids is 2. The summed E-state index contributed by atoms with van der Waals surface area (Å²) in [6.45, 7) is 1.93.